The molecule has 1 aliphatic heterocycles. The molecule has 5 rings (SSSR count). The van der Waals surface area contributed by atoms with Gasteiger partial charge in [-0.25, -0.2) is 14.2 Å². The fourth-order valence-electron chi connectivity index (χ4n) is 5.20. The van der Waals surface area contributed by atoms with E-state index in [0.29, 0.717) is 32.1 Å². The molecule has 10 heteroatoms. The van der Waals surface area contributed by atoms with Gasteiger partial charge >= 0.3 is 5.97 Å². The third-order valence-electron chi connectivity index (χ3n) is 7.09. The largest absolute Gasteiger partial charge is 0.497 e. The van der Waals surface area contributed by atoms with Crippen LogP contribution in [0.3, 0.4) is 0 Å². The van der Waals surface area contributed by atoms with Crippen molar-refractivity contribution in [2.75, 3.05) is 20.8 Å². The molecule has 0 fully saturated rings. The zero-order valence-corrected chi connectivity index (χ0v) is 24.5. The SMILES string of the molecule is CCOC(=O)C1=C(C)N=c2sc(=Cc3cc(C)n(-c4ccc(F)cc4)c3C)c(=O)n2[C@H]1c1cc(OC)ccc1OC. The number of nitrogens with zero attached hydrogens (tertiary/aromatic N) is 3. The van der Waals surface area contributed by atoms with Crippen LogP contribution in [0.4, 0.5) is 4.39 Å². The van der Waals surface area contributed by atoms with Gasteiger partial charge in [0.15, 0.2) is 4.80 Å². The summed E-state index contributed by atoms with van der Waals surface area (Å²) in [5.74, 6) is 0.178. The summed E-state index contributed by atoms with van der Waals surface area (Å²) in [6.45, 7) is 7.54. The summed E-state index contributed by atoms with van der Waals surface area (Å²) in [5.41, 5.74) is 4.49. The average Bonchev–Trinajstić information content (AvgIpc) is 3.41. The molecule has 0 saturated heterocycles. The fourth-order valence-corrected chi connectivity index (χ4v) is 6.24. The third kappa shape index (κ3) is 4.99. The van der Waals surface area contributed by atoms with Crippen molar-refractivity contribution in [3.63, 3.8) is 0 Å². The van der Waals surface area contributed by atoms with Crippen LogP contribution in [0.2, 0.25) is 0 Å². The van der Waals surface area contributed by atoms with E-state index >= 15 is 0 Å². The van der Waals surface area contributed by atoms with E-state index in [1.165, 1.54) is 35.1 Å². The zero-order chi connectivity index (χ0) is 29.4. The van der Waals surface area contributed by atoms with Gasteiger partial charge in [0.1, 0.15) is 23.4 Å². The number of halogens is 1. The van der Waals surface area contributed by atoms with Gasteiger partial charge in [0.05, 0.1) is 36.6 Å². The summed E-state index contributed by atoms with van der Waals surface area (Å²) in [4.78, 5) is 32.4. The molecule has 2 aromatic carbocycles. The van der Waals surface area contributed by atoms with Crippen LogP contribution in [-0.4, -0.2) is 35.9 Å². The number of methoxy groups -OCH3 is 2. The lowest BCUT2D eigenvalue weighted by atomic mass is 9.94. The summed E-state index contributed by atoms with van der Waals surface area (Å²) in [6, 6.07) is 12.7. The molecule has 212 valence electrons. The van der Waals surface area contributed by atoms with E-state index in [9.17, 15) is 14.0 Å². The normalized spacial score (nSPS) is 15.0. The van der Waals surface area contributed by atoms with Crippen LogP contribution in [0.15, 0.2) is 69.6 Å². The summed E-state index contributed by atoms with van der Waals surface area (Å²) < 4.78 is 34.0. The van der Waals surface area contributed by atoms with Gasteiger partial charge in [0, 0.05) is 22.6 Å². The molecule has 0 N–H and O–H groups in total. The number of esters is 1. The first-order chi connectivity index (χ1) is 19.7. The maximum Gasteiger partial charge on any atom is 0.338 e. The van der Waals surface area contributed by atoms with Crippen molar-refractivity contribution in [3.8, 4) is 17.2 Å². The molecular weight excluding hydrogens is 545 g/mol. The van der Waals surface area contributed by atoms with Gasteiger partial charge in [0.2, 0.25) is 0 Å². The van der Waals surface area contributed by atoms with Crippen LogP contribution in [0, 0.1) is 19.7 Å². The standard InChI is InChI=1S/C31H30FN3O5S/c1-7-40-30(37)27-18(3)33-31-35(28(27)24-16-23(38-5)12-13-25(24)39-6)29(36)26(41-31)15-20-14-17(2)34(19(20)4)22-10-8-21(32)9-11-22/h8-16,28H,7H2,1-6H3/t28-/m0/s1. The molecule has 3 heterocycles. The Balaban J connectivity index is 1.73. The van der Waals surface area contributed by atoms with E-state index in [2.05, 4.69) is 4.99 Å². The number of ether oxygens (including phenoxy) is 3. The van der Waals surface area contributed by atoms with E-state index in [1.807, 2.05) is 30.6 Å². The second-order valence-electron chi connectivity index (χ2n) is 9.55. The summed E-state index contributed by atoms with van der Waals surface area (Å²) in [5, 5.41) is 0. The lowest BCUT2D eigenvalue weighted by molar-refractivity contribution is -0.139. The van der Waals surface area contributed by atoms with Gasteiger partial charge in [-0.15, -0.1) is 0 Å². The van der Waals surface area contributed by atoms with Crippen molar-refractivity contribution in [1.82, 2.24) is 9.13 Å². The van der Waals surface area contributed by atoms with Crippen LogP contribution in [-0.2, 0) is 9.53 Å². The first-order valence-corrected chi connectivity index (χ1v) is 13.9. The molecule has 4 aromatic rings. The van der Waals surface area contributed by atoms with Crippen molar-refractivity contribution < 1.29 is 23.4 Å². The second-order valence-corrected chi connectivity index (χ2v) is 10.6. The molecule has 1 atom stereocenters. The Bertz CT molecular complexity index is 1860. The third-order valence-corrected chi connectivity index (χ3v) is 8.07. The van der Waals surface area contributed by atoms with E-state index < -0.39 is 12.0 Å². The first-order valence-electron chi connectivity index (χ1n) is 13.0. The maximum absolute atomic E-state index is 14.1. The monoisotopic (exact) mass is 575 g/mol. The fraction of sp³-hybridized carbons (Fsp3) is 0.258. The van der Waals surface area contributed by atoms with Crippen molar-refractivity contribution >= 4 is 23.4 Å². The molecule has 1 aliphatic rings. The number of hydrogen-bond donors (Lipinski definition) is 0. The van der Waals surface area contributed by atoms with Crippen LogP contribution in [0.1, 0.15) is 42.4 Å². The van der Waals surface area contributed by atoms with E-state index in [1.54, 1.807) is 51.3 Å². The van der Waals surface area contributed by atoms with Crippen molar-refractivity contribution in [3.05, 3.63) is 108 Å². The van der Waals surface area contributed by atoms with Gasteiger partial charge in [0.25, 0.3) is 5.56 Å². The number of aromatic nitrogens is 2. The zero-order valence-electron chi connectivity index (χ0n) is 23.6. The number of aryl methyl sites for hydroxylation is 1. The van der Waals surface area contributed by atoms with Gasteiger partial charge in [-0.2, -0.15) is 0 Å². The highest BCUT2D eigenvalue weighted by Gasteiger charge is 2.35. The number of carbonyl (C=O) groups excluding carboxylic acids is 1. The lowest BCUT2D eigenvalue weighted by Crippen LogP contribution is -2.40. The Morgan fingerprint density at radius 2 is 1.80 bits per heavy atom. The van der Waals surface area contributed by atoms with E-state index in [-0.39, 0.29) is 23.6 Å². The number of hydrogen-bond acceptors (Lipinski definition) is 7. The van der Waals surface area contributed by atoms with Gasteiger partial charge in [-0.3, -0.25) is 9.36 Å². The topological polar surface area (TPSA) is 84.1 Å². The number of allylic oxidation sites excluding steroid dienone is 1. The van der Waals surface area contributed by atoms with E-state index in [0.717, 1.165) is 22.6 Å². The molecule has 0 radical (unpaired) electrons. The number of rotatable bonds is 7. The molecule has 0 bridgehead atoms. The Kier molecular flexibility index (Phi) is 7.68. The number of fused-ring (bicyclic) bond motifs is 1. The van der Waals surface area contributed by atoms with Crippen molar-refractivity contribution in [2.24, 2.45) is 4.99 Å². The minimum absolute atomic E-state index is 0.172. The molecular formula is C31H30FN3O5S. The molecule has 0 aliphatic carbocycles. The molecule has 0 spiro atoms. The Hall–Kier alpha value is -4.44. The smallest absolute Gasteiger partial charge is 0.338 e. The van der Waals surface area contributed by atoms with Crippen LogP contribution < -0.4 is 24.4 Å². The van der Waals surface area contributed by atoms with Crippen LogP contribution in [0.25, 0.3) is 11.8 Å². The molecule has 0 unspecified atom stereocenters. The summed E-state index contributed by atoms with van der Waals surface area (Å²) >= 11 is 1.24. The molecule has 41 heavy (non-hydrogen) atoms. The van der Waals surface area contributed by atoms with Crippen molar-refractivity contribution in [1.29, 1.82) is 0 Å². The number of thiazole rings is 1. The number of benzene rings is 2. The molecule has 0 saturated carbocycles. The number of carbonyl (C=O) groups is 1. The summed E-state index contributed by atoms with van der Waals surface area (Å²) in [7, 11) is 3.08. The molecule has 0 amide bonds. The minimum atomic E-state index is -0.843. The Morgan fingerprint density at radius 3 is 2.46 bits per heavy atom. The Labute approximate surface area is 240 Å². The summed E-state index contributed by atoms with van der Waals surface area (Å²) in [6.07, 6.45) is 1.83. The highest BCUT2D eigenvalue weighted by atomic mass is 32.1. The first kappa shape index (κ1) is 28.1. The van der Waals surface area contributed by atoms with Gasteiger partial charge in [-0.05, 0) is 87.9 Å². The highest BCUT2D eigenvalue weighted by Crippen LogP contribution is 2.37. The second kappa shape index (κ2) is 11.2. The predicted octanol–water partition coefficient (Wildman–Crippen LogP) is 4.36. The lowest BCUT2D eigenvalue weighted by Gasteiger charge is -2.26. The average molecular weight is 576 g/mol. The van der Waals surface area contributed by atoms with Crippen LogP contribution >= 0.6 is 11.3 Å². The molecule has 2 aromatic heterocycles. The Morgan fingerprint density at radius 1 is 1.07 bits per heavy atom. The quantitative estimate of drug-likeness (QED) is 0.306. The van der Waals surface area contributed by atoms with E-state index in [4.69, 9.17) is 14.2 Å². The van der Waals surface area contributed by atoms with Crippen molar-refractivity contribution in [2.45, 2.75) is 33.7 Å². The predicted molar refractivity (Wildman–Crippen MR) is 155 cm³/mol. The minimum Gasteiger partial charge on any atom is -0.497 e. The van der Waals surface area contributed by atoms with Crippen LogP contribution in [0.5, 0.6) is 11.5 Å². The maximum atomic E-state index is 14.1. The highest BCUT2D eigenvalue weighted by molar-refractivity contribution is 7.07. The van der Waals surface area contributed by atoms with Gasteiger partial charge in [-0.1, -0.05) is 11.3 Å². The molecule has 8 nitrogen and oxygen atoms in total. The van der Waals surface area contributed by atoms with Gasteiger partial charge < -0.3 is 18.8 Å².